The molecule has 1 aromatic heterocycles. The maximum absolute atomic E-state index is 12.4. The van der Waals surface area contributed by atoms with E-state index >= 15 is 0 Å². The predicted molar refractivity (Wildman–Crippen MR) is 84.0 cm³/mol. The van der Waals surface area contributed by atoms with Crippen molar-refractivity contribution >= 4 is 28.5 Å². The van der Waals surface area contributed by atoms with Crippen LogP contribution in [0.3, 0.4) is 0 Å². The number of fused-ring (bicyclic) bond motifs is 1. The van der Waals surface area contributed by atoms with Gasteiger partial charge in [-0.15, -0.1) is 0 Å². The van der Waals surface area contributed by atoms with Crippen LogP contribution in [0.5, 0.6) is 0 Å². The number of carboxylic acid groups (broad SMARTS) is 1. The van der Waals surface area contributed by atoms with E-state index < -0.39 is 17.1 Å². The Kier molecular flexibility index (Phi) is 3.56. The molecule has 0 saturated heterocycles. The molecule has 0 spiro atoms. The number of aromatic carboxylic acids is 1. The number of rotatable bonds is 2. The van der Waals surface area contributed by atoms with Crippen LogP contribution in [0.2, 0.25) is 5.02 Å². The summed E-state index contributed by atoms with van der Waals surface area (Å²) < 4.78 is 1.30. The number of benzene rings is 2. The fourth-order valence-electron chi connectivity index (χ4n) is 2.31. The van der Waals surface area contributed by atoms with Gasteiger partial charge in [0, 0.05) is 5.02 Å². The third-order valence-corrected chi connectivity index (χ3v) is 3.52. The normalized spacial score (nSPS) is 10.4. The first-order chi connectivity index (χ1) is 11.0. The van der Waals surface area contributed by atoms with E-state index in [9.17, 15) is 20.0 Å². The molecule has 0 atom stereocenters. The van der Waals surface area contributed by atoms with Gasteiger partial charge < -0.3 is 5.11 Å². The highest BCUT2D eigenvalue weighted by Gasteiger charge is 2.19. The molecule has 2 aromatic carbocycles. The zero-order chi connectivity index (χ0) is 16.6. The zero-order valence-electron chi connectivity index (χ0n) is 11.5. The summed E-state index contributed by atoms with van der Waals surface area (Å²) in [6, 6.07) is 13.2. The summed E-state index contributed by atoms with van der Waals surface area (Å²) in [5.41, 5.74) is -0.530. The minimum Gasteiger partial charge on any atom is -0.476 e. The maximum atomic E-state index is 12.4. The van der Waals surface area contributed by atoms with Gasteiger partial charge in [-0.3, -0.25) is 4.79 Å². The first-order valence-electron chi connectivity index (χ1n) is 6.48. The van der Waals surface area contributed by atoms with Crippen molar-refractivity contribution in [1.29, 1.82) is 5.26 Å². The van der Waals surface area contributed by atoms with E-state index in [2.05, 4.69) is 5.10 Å². The van der Waals surface area contributed by atoms with Crippen LogP contribution < -0.4 is 5.43 Å². The molecular formula is C16H8ClN3O3. The fourth-order valence-corrected chi connectivity index (χ4v) is 2.50. The molecule has 3 rings (SSSR count). The minimum absolute atomic E-state index is 0.0161. The number of hydrogen-bond acceptors (Lipinski definition) is 4. The van der Waals surface area contributed by atoms with Gasteiger partial charge in [0.05, 0.1) is 28.2 Å². The Hall–Kier alpha value is -3.17. The van der Waals surface area contributed by atoms with E-state index in [1.165, 1.54) is 10.7 Å². The third-order valence-electron chi connectivity index (χ3n) is 3.29. The van der Waals surface area contributed by atoms with Crippen LogP contribution in [0.4, 0.5) is 0 Å². The Bertz CT molecular complexity index is 1050. The molecule has 0 saturated carbocycles. The van der Waals surface area contributed by atoms with Crippen molar-refractivity contribution in [3.05, 3.63) is 69.0 Å². The Balaban J connectivity index is 2.52. The highest BCUT2D eigenvalue weighted by atomic mass is 35.5. The predicted octanol–water partition coefficient (Wildman–Crippen LogP) is 2.61. The second-order valence-corrected chi connectivity index (χ2v) is 5.12. The summed E-state index contributed by atoms with van der Waals surface area (Å²) in [5, 5.41) is 22.8. The summed E-state index contributed by atoms with van der Waals surface area (Å²) in [6.45, 7) is 0. The van der Waals surface area contributed by atoms with Crippen LogP contribution in [-0.4, -0.2) is 20.9 Å². The second kappa shape index (κ2) is 5.55. The molecular weight excluding hydrogens is 318 g/mol. The van der Waals surface area contributed by atoms with Gasteiger partial charge in [0.15, 0.2) is 0 Å². The largest absolute Gasteiger partial charge is 0.476 e. The zero-order valence-corrected chi connectivity index (χ0v) is 12.3. The summed E-state index contributed by atoms with van der Waals surface area (Å²) in [4.78, 5) is 23.7. The van der Waals surface area contributed by atoms with Crippen LogP contribution >= 0.6 is 11.6 Å². The molecule has 0 amide bonds. The average molecular weight is 326 g/mol. The van der Waals surface area contributed by atoms with Crippen molar-refractivity contribution in [2.45, 2.75) is 0 Å². The van der Waals surface area contributed by atoms with Gasteiger partial charge in [-0.05, 0) is 30.3 Å². The van der Waals surface area contributed by atoms with Crippen molar-refractivity contribution in [3.63, 3.8) is 0 Å². The highest BCUT2D eigenvalue weighted by molar-refractivity contribution is 6.30. The molecule has 0 radical (unpaired) electrons. The van der Waals surface area contributed by atoms with E-state index in [-0.39, 0.29) is 10.9 Å². The number of hydrogen-bond donors (Lipinski definition) is 1. The van der Waals surface area contributed by atoms with E-state index in [1.807, 2.05) is 6.07 Å². The number of carbonyl (C=O) groups is 1. The lowest BCUT2D eigenvalue weighted by Crippen LogP contribution is -2.23. The van der Waals surface area contributed by atoms with Crippen molar-refractivity contribution in [2.24, 2.45) is 0 Å². The maximum Gasteiger partial charge on any atom is 0.360 e. The van der Waals surface area contributed by atoms with Gasteiger partial charge in [0.1, 0.15) is 0 Å². The standard InChI is InChI=1S/C16H8ClN3O3/c17-10-4-2-5-11(7-10)20-12-6-1-3-9(8-18)13(12)15(21)14(19-20)16(22)23/h1-7H,(H,22,23). The number of halogens is 1. The van der Waals surface area contributed by atoms with E-state index in [0.29, 0.717) is 16.2 Å². The molecule has 0 fully saturated rings. The van der Waals surface area contributed by atoms with E-state index in [4.69, 9.17) is 11.6 Å². The molecule has 3 aromatic rings. The summed E-state index contributed by atoms with van der Waals surface area (Å²) in [6.07, 6.45) is 0. The SMILES string of the molecule is N#Cc1cccc2c1c(=O)c(C(=O)O)nn2-c1cccc(Cl)c1. The molecule has 0 unspecified atom stereocenters. The molecule has 0 aliphatic heterocycles. The van der Waals surface area contributed by atoms with Gasteiger partial charge in [-0.25, -0.2) is 9.48 Å². The lowest BCUT2D eigenvalue weighted by Gasteiger charge is -2.11. The van der Waals surface area contributed by atoms with E-state index in [1.54, 1.807) is 36.4 Å². The first-order valence-corrected chi connectivity index (χ1v) is 6.86. The van der Waals surface area contributed by atoms with Gasteiger partial charge >= 0.3 is 5.97 Å². The van der Waals surface area contributed by atoms with Crippen LogP contribution in [0.15, 0.2) is 47.3 Å². The van der Waals surface area contributed by atoms with Crippen LogP contribution in [0, 0.1) is 11.3 Å². The molecule has 6 nitrogen and oxygen atoms in total. The summed E-state index contributed by atoms with van der Waals surface area (Å²) in [5.74, 6) is -1.46. The Labute approximate surface area is 134 Å². The average Bonchev–Trinajstić information content (AvgIpc) is 2.54. The van der Waals surface area contributed by atoms with Gasteiger partial charge in [-0.2, -0.15) is 10.4 Å². The van der Waals surface area contributed by atoms with Crippen molar-refractivity contribution in [2.75, 3.05) is 0 Å². The summed E-state index contributed by atoms with van der Waals surface area (Å²) >= 11 is 5.97. The Morgan fingerprint density at radius 3 is 2.65 bits per heavy atom. The molecule has 1 N–H and O–H groups in total. The third kappa shape index (κ3) is 2.43. The lowest BCUT2D eigenvalue weighted by molar-refractivity contribution is 0.0687. The topological polar surface area (TPSA) is 96.0 Å². The number of aromatic nitrogens is 2. The molecule has 0 aliphatic carbocycles. The van der Waals surface area contributed by atoms with Gasteiger partial charge in [0.2, 0.25) is 11.1 Å². The highest BCUT2D eigenvalue weighted by Crippen LogP contribution is 2.20. The number of carboxylic acids is 1. The van der Waals surface area contributed by atoms with Crippen molar-refractivity contribution < 1.29 is 9.90 Å². The minimum atomic E-state index is -1.46. The molecule has 0 aliphatic rings. The molecule has 7 heteroatoms. The van der Waals surface area contributed by atoms with Crippen LogP contribution in [-0.2, 0) is 0 Å². The number of nitriles is 1. The molecule has 112 valence electrons. The quantitative estimate of drug-likeness (QED) is 0.781. The molecule has 1 heterocycles. The van der Waals surface area contributed by atoms with Gasteiger partial charge in [0.25, 0.3) is 0 Å². The first kappa shape index (κ1) is 14.8. The van der Waals surface area contributed by atoms with Crippen molar-refractivity contribution in [3.8, 4) is 11.8 Å². The lowest BCUT2D eigenvalue weighted by atomic mass is 10.1. The van der Waals surface area contributed by atoms with Crippen molar-refractivity contribution in [1.82, 2.24) is 9.78 Å². The Morgan fingerprint density at radius 2 is 2.00 bits per heavy atom. The summed E-state index contributed by atoms with van der Waals surface area (Å²) in [7, 11) is 0. The molecule has 23 heavy (non-hydrogen) atoms. The second-order valence-electron chi connectivity index (χ2n) is 4.69. The Morgan fingerprint density at radius 1 is 1.26 bits per heavy atom. The van der Waals surface area contributed by atoms with Crippen LogP contribution in [0.1, 0.15) is 16.1 Å². The van der Waals surface area contributed by atoms with Crippen LogP contribution in [0.25, 0.3) is 16.6 Å². The fraction of sp³-hybridized carbons (Fsp3) is 0. The number of nitrogens with zero attached hydrogens (tertiary/aromatic N) is 3. The van der Waals surface area contributed by atoms with E-state index in [0.717, 1.165) is 0 Å². The van der Waals surface area contributed by atoms with Gasteiger partial charge in [-0.1, -0.05) is 23.7 Å². The monoisotopic (exact) mass is 325 g/mol. The molecule has 0 bridgehead atoms. The smallest absolute Gasteiger partial charge is 0.360 e.